The Hall–Kier alpha value is -3.71. The summed E-state index contributed by atoms with van der Waals surface area (Å²) in [6, 6.07) is 25.8. The minimum absolute atomic E-state index is 0.399. The predicted octanol–water partition coefficient (Wildman–Crippen LogP) is 7.12. The van der Waals surface area contributed by atoms with Crippen molar-refractivity contribution < 1.29 is 14.2 Å². The molecular formula is C29H31NO3. The second-order valence-corrected chi connectivity index (χ2v) is 7.75. The van der Waals surface area contributed by atoms with Crippen LogP contribution in [0.2, 0.25) is 0 Å². The molecule has 1 atom stereocenters. The smallest absolute Gasteiger partial charge is 0.161 e. The molecule has 4 nitrogen and oxygen atoms in total. The molecule has 170 valence electrons. The molecule has 0 aliphatic rings. The summed E-state index contributed by atoms with van der Waals surface area (Å²) >= 11 is 0. The first-order valence-electron chi connectivity index (χ1n) is 11.4. The van der Waals surface area contributed by atoms with Crippen molar-refractivity contribution in [3.63, 3.8) is 0 Å². The Morgan fingerprint density at radius 3 is 2.27 bits per heavy atom. The van der Waals surface area contributed by atoms with Gasteiger partial charge in [0.25, 0.3) is 0 Å². The first-order chi connectivity index (χ1) is 16.1. The summed E-state index contributed by atoms with van der Waals surface area (Å²) in [5.74, 6) is 2.69. The molecule has 0 fully saturated rings. The van der Waals surface area contributed by atoms with Gasteiger partial charge < -0.3 is 14.2 Å². The summed E-state index contributed by atoms with van der Waals surface area (Å²) in [5, 5.41) is 9.57. The average Bonchev–Trinajstić information content (AvgIpc) is 2.86. The molecule has 33 heavy (non-hydrogen) atoms. The van der Waals surface area contributed by atoms with Crippen LogP contribution in [0, 0.1) is 11.3 Å². The molecule has 0 bridgehead atoms. The van der Waals surface area contributed by atoms with Gasteiger partial charge in [0.15, 0.2) is 11.5 Å². The van der Waals surface area contributed by atoms with Crippen LogP contribution < -0.4 is 14.2 Å². The summed E-state index contributed by atoms with van der Waals surface area (Å²) in [4.78, 5) is 0. The molecular weight excluding hydrogens is 410 g/mol. The van der Waals surface area contributed by atoms with E-state index < -0.39 is 0 Å². The molecule has 3 rings (SSSR count). The lowest BCUT2D eigenvalue weighted by atomic mass is 9.99. The van der Waals surface area contributed by atoms with E-state index in [1.807, 2.05) is 73.7 Å². The molecule has 1 unspecified atom stereocenters. The van der Waals surface area contributed by atoms with Crippen molar-refractivity contribution in [1.82, 2.24) is 0 Å². The van der Waals surface area contributed by atoms with E-state index in [0.717, 1.165) is 23.3 Å². The van der Waals surface area contributed by atoms with Crippen LogP contribution in [0.4, 0.5) is 0 Å². The maximum absolute atomic E-state index is 9.57. The van der Waals surface area contributed by atoms with E-state index in [9.17, 15) is 5.26 Å². The van der Waals surface area contributed by atoms with Gasteiger partial charge in [0.2, 0.25) is 0 Å². The molecule has 0 aliphatic heterocycles. The van der Waals surface area contributed by atoms with Crippen LogP contribution in [0.3, 0.4) is 0 Å². The van der Waals surface area contributed by atoms with Crippen molar-refractivity contribution in [3.05, 3.63) is 89.5 Å². The Morgan fingerprint density at radius 1 is 0.879 bits per heavy atom. The second kappa shape index (κ2) is 12.4. The molecule has 0 N–H and O–H groups in total. The molecule has 0 saturated carbocycles. The monoisotopic (exact) mass is 441 g/mol. The van der Waals surface area contributed by atoms with E-state index in [2.05, 4.69) is 32.0 Å². The quantitative estimate of drug-likeness (QED) is 0.181. The Kier molecular flexibility index (Phi) is 8.97. The first-order valence-corrected chi connectivity index (χ1v) is 11.4. The van der Waals surface area contributed by atoms with E-state index >= 15 is 0 Å². The molecule has 0 saturated heterocycles. The number of nitriles is 1. The Balaban J connectivity index is 1.62. The fourth-order valence-electron chi connectivity index (χ4n) is 3.41. The number of allylic oxidation sites excluding steroid dienone is 1. The molecule has 0 spiro atoms. The lowest BCUT2D eigenvalue weighted by Gasteiger charge is -2.14. The van der Waals surface area contributed by atoms with Crippen LogP contribution in [0.25, 0.3) is 11.6 Å². The van der Waals surface area contributed by atoms with Gasteiger partial charge in [-0.1, -0.05) is 62.4 Å². The van der Waals surface area contributed by atoms with Crippen molar-refractivity contribution in [2.45, 2.75) is 33.1 Å². The summed E-state index contributed by atoms with van der Waals surface area (Å²) in [5.41, 5.74) is 3.68. The van der Waals surface area contributed by atoms with E-state index in [0.29, 0.717) is 42.8 Å². The van der Waals surface area contributed by atoms with Crippen molar-refractivity contribution in [2.24, 2.45) is 0 Å². The van der Waals surface area contributed by atoms with Gasteiger partial charge in [-0.15, -0.1) is 0 Å². The van der Waals surface area contributed by atoms with Gasteiger partial charge in [-0.2, -0.15) is 5.26 Å². The number of hydrogen-bond acceptors (Lipinski definition) is 4. The number of benzene rings is 3. The maximum atomic E-state index is 9.57. The fourth-order valence-corrected chi connectivity index (χ4v) is 3.41. The standard InChI is InChI=1S/C29H31NO3/c1-4-22(3)24-12-14-27(15-13-24)32-17-18-33-28-16-11-23(20-29(28)31-5-2)19-26(21-30)25-9-7-6-8-10-25/h6-16,19-20,22H,4-5,17-18H2,1-3H3/b26-19+. The topological polar surface area (TPSA) is 51.5 Å². The summed E-state index contributed by atoms with van der Waals surface area (Å²) in [6.45, 7) is 7.70. The molecule has 0 amide bonds. The molecule has 3 aromatic carbocycles. The van der Waals surface area contributed by atoms with Gasteiger partial charge in [0, 0.05) is 0 Å². The third kappa shape index (κ3) is 6.89. The normalized spacial score (nSPS) is 12.0. The number of nitrogens with zero attached hydrogens (tertiary/aromatic N) is 1. The van der Waals surface area contributed by atoms with Crippen LogP contribution in [0.1, 0.15) is 49.8 Å². The van der Waals surface area contributed by atoms with E-state index in [4.69, 9.17) is 14.2 Å². The zero-order valence-corrected chi connectivity index (χ0v) is 19.6. The summed E-state index contributed by atoms with van der Waals surface area (Å²) < 4.78 is 17.5. The van der Waals surface area contributed by atoms with Gasteiger partial charge in [-0.25, -0.2) is 0 Å². The molecule has 0 aromatic heterocycles. The minimum Gasteiger partial charge on any atom is -0.490 e. The van der Waals surface area contributed by atoms with E-state index in [-0.39, 0.29) is 0 Å². The lowest BCUT2D eigenvalue weighted by Crippen LogP contribution is -2.10. The second-order valence-electron chi connectivity index (χ2n) is 7.75. The molecule has 3 aromatic rings. The van der Waals surface area contributed by atoms with Gasteiger partial charge >= 0.3 is 0 Å². The fraction of sp³-hybridized carbons (Fsp3) is 0.276. The van der Waals surface area contributed by atoms with Crippen LogP contribution >= 0.6 is 0 Å². The highest BCUT2D eigenvalue weighted by molar-refractivity contribution is 5.89. The van der Waals surface area contributed by atoms with Gasteiger partial charge in [0.1, 0.15) is 19.0 Å². The van der Waals surface area contributed by atoms with Crippen LogP contribution in [0.15, 0.2) is 72.8 Å². The molecule has 0 heterocycles. The highest BCUT2D eigenvalue weighted by atomic mass is 16.5. The van der Waals surface area contributed by atoms with Crippen molar-refractivity contribution in [2.75, 3.05) is 19.8 Å². The Morgan fingerprint density at radius 2 is 1.61 bits per heavy atom. The number of hydrogen-bond donors (Lipinski definition) is 0. The van der Waals surface area contributed by atoms with E-state index in [1.54, 1.807) is 0 Å². The van der Waals surface area contributed by atoms with Gasteiger partial charge in [-0.05, 0) is 66.3 Å². The van der Waals surface area contributed by atoms with Crippen LogP contribution in [-0.2, 0) is 0 Å². The summed E-state index contributed by atoms with van der Waals surface area (Å²) in [6.07, 6.45) is 2.97. The maximum Gasteiger partial charge on any atom is 0.161 e. The van der Waals surface area contributed by atoms with Crippen molar-refractivity contribution in [1.29, 1.82) is 5.26 Å². The SMILES string of the molecule is CCOc1cc(/C=C(\C#N)c2ccccc2)ccc1OCCOc1ccc(C(C)CC)cc1. The number of ether oxygens (including phenoxy) is 3. The van der Waals surface area contributed by atoms with Crippen LogP contribution in [-0.4, -0.2) is 19.8 Å². The van der Waals surface area contributed by atoms with Crippen molar-refractivity contribution >= 4 is 11.6 Å². The Labute approximate surface area is 197 Å². The predicted molar refractivity (Wildman–Crippen MR) is 134 cm³/mol. The minimum atomic E-state index is 0.399. The zero-order chi connectivity index (χ0) is 23.5. The molecule has 0 radical (unpaired) electrons. The zero-order valence-electron chi connectivity index (χ0n) is 19.6. The highest BCUT2D eigenvalue weighted by Crippen LogP contribution is 2.30. The third-order valence-corrected chi connectivity index (χ3v) is 5.45. The number of rotatable bonds is 11. The summed E-state index contributed by atoms with van der Waals surface area (Å²) in [7, 11) is 0. The van der Waals surface area contributed by atoms with Gasteiger partial charge in [-0.3, -0.25) is 0 Å². The average molecular weight is 442 g/mol. The van der Waals surface area contributed by atoms with Crippen LogP contribution in [0.5, 0.6) is 17.2 Å². The largest absolute Gasteiger partial charge is 0.490 e. The third-order valence-electron chi connectivity index (χ3n) is 5.45. The van der Waals surface area contributed by atoms with E-state index in [1.165, 1.54) is 5.56 Å². The first kappa shape index (κ1) is 23.9. The highest BCUT2D eigenvalue weighted by Gasteiger charge is 2.08. The van der Waals surface area contributed by atoms with Gasteiger partial charge in [0.05, 0.1) is 18.2 Å². The lowest BCUT2D eigenvalue weighted by molar-refractivity contribution is 0.208. The molecule has 0 aliphatic carbocycles. The molecule has 4 heteroatoms. The Bertz CT molecular complexity index is 1080. The van der Waals surface area contributed by atoms with Crippen molar-refractivity contribution in [3.8, 4) is 23.3 Å².